The van der Waals surface area contributed by atoms with Crippen LogP contribution >= 0.6 is 0 Å². The van der Waals surface area contributed by atoms with Crippen molar-refractivity contribution < 1.29 is 10.2 Å². The summed E-state index contributed by atoms with van der Waals surface area (Å²) >= 11 is 0. The second kappa shape index (κ2) is 5.06. The van der Waals surface area contributed by atoms with Gasteiger partial charge in [-0.1, -0.05) is 32.6 Å². The van der Waals surface area contributed by atoms with Crippen molar-refractivity contribution in [2.45, 2.75) is 76.9 Å². The Labute approximate surface area is 152 Å². The Morgan fingerprint density at radius 2 is 1.68 bits per heavy atom. The fourth-order valence-electron chi connectivity index (χ4n) is 8.00. The summed E-state index contributed by atoms with van der Waals surface area (Å²) in [7, 11) is 0. The van der Waals surface area contributed by atoms with Gasteiger partial charge in [0.25, 0.3) is 0 Å². The van der Waals surface area contributed by atoms with E-state index in [4.69, 9.17) is 12.8 Å². The average molecular weight is 341 g/mol. The maximum atomic E-state index is 11.1. The summed E-state index contributed by atoms with van der Waals surface area (Å²) in [6.07, 6.45) is 17.9. The number of terminal acetylenes is 2. The van der Waals surface area contributed by atoms with Gasteiger partial charge in [0.15, 0.2) is 0 Å². The molecular formula is C23H32O2. The molecule has 0 spiro atoms. The van der Waals surface area contributed by atoms with Gasteiger partial charge in [-0.15, -0.1) is 12.8 Å². The lowest BCUT2D eigenvalue weighted by Gasteiger charge is -2.60. The number of aliphatic hydroxyl groups is 2. The van der Waals surface area contributed by atoms with E-state index in [-0.39, 0.29) is 10.8 Å². The molecule has 0 aromatic carbocycles. The highest BCUT2D eigenvalue weighted by atomic mass is 16.3. The first-order valence-corrected chi connectivity index (χ1v) is 10.0. The first-order valence-electron chi connectivity index (χ1n) is 10.0. The molecule has 2 nitrogen and oxygen atoms in total. The van der Waals surface area contributed by atoms with Crippen LogP contribution < -0.4 is 0 Å². The highest BCUT2D eigenvalue weighted by Gasteiger charge is 2.67. The summed E-state index contributed by atoms with van der Waals surface area (Å²) in [5.74, 6) is 8.23. The van der Waals surface area contributed by atoms with Gasteiger partial charge in [-0.05, 0) is 80.0 Å². The van der Waals surface area contributed by atoms with Gasteiger partial charge in [0.2, 0.25) is 0 Å². The molecule has 2 N–H and O–H groups in total. The third-order valence-electron chi connectivity index (χ3n) is 9.34. The third kappa shape index (κ3) is 2.02. The van der Waals surface area contributed by atoms with E-state index in [0.717, 1.165) is 44.9 Å². The molecule has 0 aliphatic heterocycles. The number of fused-ring (bicyclic) bond motifs is 5. The second-order valence-electron chi connectivity index (χ2n) is 10.3. The normalized spacial score (nSPS) is 60.0. The number of hydrogen-bond acceptors (Lipinski definition) is 2. The maximum absolute atomic E-state index is 11.1. The van der Waals surface area contributed by atoms with Crippen molar-refractivity contribution in [1.29, 1.82) is 0 Å². The summed E-state index contributed by atoms with van der Waals surface area (Å²) in [6.45, 7) is 6.99. The molecule has 9 atom stereocenters. The Morgan fingerprint density at radius 1 is 1.00 bits per heavy atom. The van der Waals surface area contributed by atoms with E-state index in [0.29, 0.717) is 29.6 Å². The third-order valence-corrected chi connectivity index (χ3v) is 9.34. The monoisotopic (exact) mass is 340 g/mol. The largest absolute Gasteiger partial charge is 0.378 e. The van der Waals surface area contributed by atoms with Crippen LogP contribution in [0, 0.1) is 65.1 Å². The number of hydrogen-bond donors (Lipinski definition) is 2. The Bertz CT molecular complexity index is 671. The summed E-state index contributed by atoms with van der Waals surface area (Å²) < 4.78 is 0. The van der Waals surface area contributed by atoms with Crippen LogP contribution in [0.4, 0.5) is 0 Å². The van der Waals surface area contributed by atoms with E-state index in [2.05, 4.69) is 32.6 Å². The molecule has 0 radical (unpaired) electrons. The molecule has 0 saturated heterocycles. The van der Waals surface area contributed by atoms with Crippen molar-refractivity contribution in [2.75, 3.05) is 0 Å². The van der Waals surface area contributed by atoms with E-state index in [1.165, 1.54) is 0 Å². The summed E-state index contributed by atoms with van der Waals surface area (Å²) in [5.41, 5.74) is -1.92. The van der Waals surface area contributed by atoms with Gasteiger partial charge in [-0.3, -0.25) is 0 Å². The molecule has 2 heteroatoms. The Morgan fingerprint density at radius 3 is 2.32 bits per heavy atom. The molecule has 4 aliphatic rings. The number of rotatable bonds is 0. The molecule has 4 rings (SSSR count). The van der Waals surface area contributed by atoms with E-state index < -0.39 is 11.2 Å². The highest BCUT2D eigenvalue weighted by molar-refractivity contribution is 5.25. The topological polar surface area (TPSA) is 40.5 Å². The molecule has 0 unspecified atom stereocenters. The minimum atomic E-state index is -0.949. The lowest BCUT2D eigenvalue weighted by Crippen LogP contribution is -2.56. The van der Waals surface area contributed by atoms with Crippen LogP contribution in [0.5, 0.6) is 0 Å². The minimum absolute atomic E-state index is 0.122. The van der Waals surface area contributed by atoms with Crippen LogP contribution in [0.3, 0.4) is 0 Å². The molecule has 0 bridgehead atoms. The fraction of sp³-hybridized carbons (Fsp3) is 0.826. The molecule has 25 heavy (non-hydrogen) atoms. The predicted octanol–water partition coefficient (Wildman–Crippen LogP) is 3.61. The van der Waals surface area contributed by atoms with Gasteiger partial charge >= 0.3 is 0 Å². The molecule has 0 aromatic heterocycles. The standard InChI is InChI=1S/C23H32O2/c1-6-22(24)13-16-12-15(3)19-17(20(16,4)14-22)8-10-21(5)18(19)9-11-23(21,25)7-2/h1-2,15-19,24-25H,8-14H2,3-5H3/t15-,16+,17+,18+,19-,20+,21+,22-,23+/m1/s1. The van der Waals surface area contributed by atoms with Crippen LogP contribution in [0.2, 0.25) is 0 Å². The fourth-order valence-corrected chi connectivity index (χ4v) is 8.00. The quantitative estimate of drug-likeness (QED) is 0.661. The van der Waals surface area contributed by atoms with Gasteiger partial charge in [0, 0.05) is 5.41 Å². The van der Waals surface area contributed by atoms with Crippen LogP contribution in [-0.4, -0.2) is 21.4 Å². The van der Waals surface area contributed by atoms with Crippen LogP contribution in [0.1, 0.15) is 65.7 Å². The van der Waals surface area contributed by atoms with Crippen molar-refractivity contribution in [3.63, 3.8) is 0 Å². The van der Waals surface area contributed by atoms with Gasteiger partial charge in [-0.25, -0.2) is 0 Å². The first-order chi connectivity index (χ1) is 11.6. The van der Waals surface area contributed by atoms with E-state index in [1.54, 1.807) is 0 Å². The Balaban J connectivity index is 1.72. The zero-order chi connectivity index (χ0) is 18.3. The highest BCUT2D eigenvalue weighted by Crippen LogP contribution is 2.70. The Hall–Kier alpha value is -0.960. The van der Waals surface area contributed by atoms with Crippen molar-refractivity contribution >= 4 is 0 Å². The van der Waals surface area contributed by atoms with E-state index >= 15 is 0 Å². The van der Waals surface area contributed by atoms with Gasteiger partial charge in [0.05, 0.1) is 0 Å². The van der Waals surface area contributed by atoms with Gasteiger partial charge in [-0.2, -0.15) is 0 Å². The van der Waals surface area contributed by atoms with Crippen molar-refractivity contribution in [2.24, 2.45) is 40.4 Å². The van der Waals surface area contributed by atoms with Crippen molar-refractivity contribution in [3.05, 3.63) is 0 Å². The van der Waals surface area contributed by atoms with Crippen LogP contribution in [0.15, 0.2) is 0 Å². The zero-order valence-electron chi connectivity index (χ0n) is 15.9. The summed E-state index contributed by atoms with van der Waals surface area (Å²) in [5, 5.41) is 21.9. The van der Waals surface area contributed by atoms with Crippen LogP contribution in [0.25, 0.3) is 0 Å². The average Bonchev–Trinajstić information content (AvgIpc) is 2.99. The zero-order valence-corrected chi connectivity index (χ0v) is 15.9. The Kier molecular flexibility index (Phi) is 3.53. The SMILES string of the molecule is C#C[C@@]1(O)C[C@@H]2C[C@@H](C)[C@@H]3[C@H](CC[C@@]4(C)[C@H]3CC[C@@]4(O)C#C)[C@@]2(C)C1. The molecular weight excluding hydrogens is 308 g/mol. The van der Waals surface area contributed by atoms with Gasteiger partial charge < -0.3 is 10.2 Å². The van der Waals surface area contributed by atoms with Crippen LogP contribution in [-0.2, 0) is 0 Å². The minimum Gasteiger partial charge on any atom is -0.378 e. The summed E-state index contributed by atoms with van der Waals surface area (Å²) in [6, 6.07) is 0. The molecule has 136 valence electrons. The second-order valence-corrected chi connectivity index (χ2v) is 10.3. The predicted molar refractivity (Wildman–Crippen MR) is 99.2 cm³/mol. The molecule has 4 saturated carbocycles. The first kappa shape index (κ1) is 17.5. The molecule has 0 amide bonds. The van der Waals surface area contributed by atoms with Gasteiger partial charge in [0.1, 0.15) is 11.2 Å². The molecule has 4 fully saturated rings. The molecule has 0 aromatic rings. The maximum Gasteiger partial charge on any atom is 0.130 e. The lowest BCUT2D eigenvalue weighted by molar-refractivity contribution is -0.137. The lowest BCUT2D eigenvalue weighted by atomic mass is 9.45. The van der Waals surface area contributed by atoms with Crippen molar-refractivity contribution in [1.82, 2.24) is 0 Å². The van der Waals surface area contributed by atoms with E-state index in [1.807, 2.05) is 0 Å². The smallest absolute Gasteiger partial charge is 0.130 e. The van der Waals surface area contributed by atoms with E-state index in [9.17, 15) is 10.2 Å². The molecule has 0 heterocycles. The van der Waals surface area contributed by atoms with Crippen molar-refractivity contribution in [3.8, 4) is 24.7 Å². The summed E-state index contributed by atoms with van der Waals surface area (Å²) in [4.78, 5) is 0. The molecule has 4 aliphatic carbocycles.